The van der Waals surface area contributed by atoms with Crippen LogP contribution in [0.2, 0.25) is 5.02 Å². The Balaban J connectivity index is 1.70. The number of hydrogen-bond donors (Lipinski definition) is 1. The summed E-state index contributed by atoms with van der Waals surface area (Å²) in [4.78, 5) is 23.1. The monoisotopic (exact) mass is 434 g/mol. The average Bonchev–Trinajstić information content (AvgIpc) is 3.16. The molecule has 9 heteroatoms. The van der Waals surface area contributed by atoms with Crippen molar-refractivity contribution in [2.75, 3.05) is 17.7 Å². The van der Waals surface area contributed by atoms with Crippen LogP contribution >= 0.6 is 11.6 Å². The number of benzene rings is 1. The van der Waals surface area contributed by atoms with E-state index in [-0.39, 0.29) is 11.7 Å². The molecule has 0 saturated carbocycles. The second-order valence-electron chi connectivity index (χ2n) is 7.05. The Morgan fingerprint density at radius 1 is 1.31 bits per heavy atom. The molecule has 154 valence electrons. The molecule has 0 aliphatic carbocycles. The molecule has 1 aromatic carbocycles. The summed E-state index contributed by atoms with van der Waals surface area (Å²) in [6.45, 7) is 2.52. The minimum absolute atomic E-state index is 0.124. The summed E-state index contributed by atoms with van der Waals surface area (Å²) in [6.07, 6.45) is 7.51. The highest BCUT2D eigenvalue weighted by molar-refractivity contribution is 7.93. The van der Waals surface area contributed by atoms with Crippen molar-refractivity contribution in [1.29, 1.82) is 0 Å². The van der Waals surface area contributed by atoms with E-state index in [1.807, 2.05) is 24.3 Å². The quantitative estimate of drug-likeness (QED) is 0.750. The fourth-order valence-corrected chi connectivity index (χ4v) is 4.07. The minimum Gasteiger partial charge on any atom is -0.348 e. The summed E-state index contributed by atoms with van der Waals surface area (Å²) in [7, 11) is -3.24. The number of nitrogens with zero attached hydrogens (tertiary/aromatic N) is 3. The van der Waals surface area contributed by atoms with Gasteiger partial charge in [0.1, 0.15) is 11.5 Å². The molecule has 1 amide bonds. The smallest absolute Gasteiger partial charge is 0.271 e. The number of anilines is 1. The number of carbonyl (C=O) groups is 1. The SMILES string of the molecule is C[C@H](/C=C/S(C)(=O)=O)NC(=O)c1cnc(N2CCC[C@H]2c2ccccc2Cl)cn1. The first-order valence-corrected chi connectivity index (χ1v) is 11.6. The van der Waals surface area contributed by atoms with E-state index < -0.39 is 21.8 Å². The van der Waals surface area contributed by atoms with E-state index in [1.54, 1.807) is 13.1 Å². The van der Waals surface area contributed by atoms with Gasteiger partial charge in [-0.2, -0.15) is 0 Å². The average molecular weight is 435 g/mol. The number of sulfone groups is 1. The number of hydrogen-bond acceptors (Lipinski definition) is 6. The Labute approximate surface area is 175 Å². The van der Waals surface area contributed by atoms with Gasteiger partial charge in [-0.3, -0.25) is 4.79 Å². The van der Waals surface area contributed by atoms with Crippen LogP contribution in [-0.2, 0) is 9.84 Å². The van der Waals surface area contributed by atoms with Gasteiger partial charge in [-0.25, -0.2) is 18.4 Å². The largest absolute Gasteiger partial charge is 0.348 e. The maximum Gasteiger partial charge on any atom is 0.271 e. The Bertz CT molecular complexity index is 1010. The van der Waals surface area contributed by atoms with Gasteiger partial charge in [0.15, 0.2) is 9.84 Å². The molecule has 1 aliphatic rings. The van der Waals surface area contributed by atoms with Gasteiger partial charge in [-0.1, -0.05) is 35.9 Å². The number of carbonyl (C=O) groups excluding carboxylic acids is 1. The van der Waals surface area contributed by atoms with Gasteiger partial charge < -0.3 is 10.2 Å². The highest BCUT2D eigenvalue weighted by atomic mass is 35.5. The van der Waals surface area contributed by atoms with Crippen molar-refractivity contribution in [2.45, 2.75) is 31.8 Å². The first-order chi connectivity index (χ1) is 13.7. The van der Waals surface area contributed by atoms with E-state index in [4.69, 9.17) is 11.6 Å². The molecule has 0 spiro atoms. The van der Waals surface area contributed by atoms with Crippen molar-refractivity contribution in [3.8, 4) is 0 Å². The molecule has 1 saturated heterocycles. The van der Waals surface area contributed by atoms with Crippen molar-refractivity contribution >= 4 is 33.2 Å². The van der Waals surface area contributed by atoms with Crippen LogP contribution in [0.3, 0.4) is 0 Å². The second-order valence-corrected chi connectivity index (χ2v) is 9.39. The number of rotatable bonds is 6. The lowest BCUT2D eigenvalue weighted by molar-refractivity contribution is 0.0941. The van der Waals surface area contributed by atoms with E-state index in [0.717, 1.165) is 41.6 Å². The number of amides is 1. The number of nitrogens with one attached hydrogen (secondary N) is 1. The van der Waals surface area contributed by atoms with E-state index in [2.05, 4.69) is 20.2 Å². The van der Waals surface area contributed by atoms with Gasteiger partial charge in [-0.05, 0) is 31.4 Å². The molecule has 3 rings (SSSR count). The molecule has 2 heterocycles. The van der Waals surface area contributed by atoms with Crippen LogP contribution in [0.15, 0.2) is 48.1 Å². The van der Waals surface area contributed by atoms with Crippen LogP contribution in [0, 0.1) is 0 Å². The first kappa shape index (κ1) is 21.3. The van der Waals surface area contributed by atoms with Crippen molar-refractivity contribution in [2.24, 2.45) is 0 Å². The van der Waals surface area contributed by atoms with Crippen LogP contribution in [0.5, 0.6) is 0 Å². The maximum atomic E-state index is 12.3. The predicted octanol–water partition coefficient (Wildman–Crippen LogP) is 3.15. The lowest BCUT2D eigenvalue weighted by Gasteiger charge is -2.26. The van der Waals surface area contributed by atoms with Gasteiger partial charge >= 0.3 is 0 Å². The maximum absolute atomic E-state index is 12.3. The van der Waals surface area contributed by atoms with Crippen LogP contribution < -0.4 is 10.2 Å². The van der Waals surface area contributed by atoms with Gasteiger partial charge in [0.2, 0.25) is 0 Å². The van der Waals surface area contributed by atoms with E-state index in [1.165, 1.54) is 12.3 Å². The predicted molar refractivity (Wildman–Crippen MR) is 114 cm³/mol. The van der Waals surface area contributed by atoms with E-state index in [0.29, 0.717) is 5.82 Å². The zero-order valence-corrected chi connectivity index (χ0v) is 17.8. The van der Waals surface area contributed by atoms with Gasteiger partial charge in [0.05, 0.1) is 18.4 Å². The van der Waals surface area contributed by atoms with Gasteiger partial charge in [-0.15, -0.1) is 0 Å². The zero-order valence-electron chi connectivity index (χ0n) is 16.2. The van der Waals surface area contributed by atoms with Crippen LogP contribution in [0.25, 0.3) is 0 Å². The summed E-state index contributed by atoms with van der Waals surface area (Å²) < 4.78 is 22.3. The Kier molecular flexibility index (Phi) is 6.54. The van der Waals surface area contributed by atoms with Gasteiger partial charge in [0, 0.05) is 29.3 Å². The van der Waals surface area contributed by atoms with Crippen molar-refractivity contribution in [3.63, 3.8) is 0 Å². The molecule has 1 aromatic heterocycles. The fourth-order valence-electron chi connectivity index (χ4n) is 3.29. The standard InChI is InChI=1S/C20H23ClN4O3S/c1-14(9-11-29(2,27)28)24-20(26)17-12-23-19(13-22-17)25-10-5-8-18(25)15-6-3-4-7-16(15)21/h3-4,6-7,9,11-14,18H,5,8,10H2,1-2H3,(H,24,26)/b11-9+/t14-,18+/m1/s1. The molecular formula is C20H23ClN4O3S. The molecule has 1 fully saturated rings. The number of aromatic nitrogens is 2. The molecule has 7 nitrogen and oxygen atoms in total. The third-order valence-electron chi connectivity index (χ3n) is 4.66. The summed E-state index contributed by atoms with van der Waals surface area (Å²) >= 11 is 6.37. The Morgan fingerprint density at radius 3 is 2.72 bits per heavy atom. The van der Waals surface area contributed by atoms with Gasteiger partial charge in [0.25, 0.3) is 5.91 Å². The third kappa shape index (κ3) is 5.55. The van der Waals surface area contributed by atoms with E-state index >= 15 is 0 Å². The molecule has 0 unspecified atom stereocenters. The summed E-state index contributed by atoms with van der Waals surface area (Å²) in [5.74, 6) is 0.271. The molecule has 0 bridgehead atoms. The summed E-state index contributed by atoms with van der Waals surface area (Å²) in [6, 6.07) is 7.44. The highest BCUT2D eigenvalue weighted by Crippen LogP contribution is 2.37. The summed E-state index contributed by atoms with van der Waals surface area (Å²) in [5, 5.41) is 4.47. The zero-order chi connectivity index (χ0) is 21.0. The molecular weight excluding hydrogens is 412 g/mol. The van der Waals surface area contributed by atoms with E-state index in [9.17, 15) is 13.2 Å². The highest BCUT2D eigenvalue weighted by Gasteiger charge is 2.28. The van der Waals surface area contributed by atoms with Crippen LogP contribution in [0.4, 0.5) is 5.82 Å². The Morgan fingerprint density at radius 2 is 2.07 bits per heavy atom. The molecule has 0 radical (unpaired) electrons. The van der Waals surface area contributed by atoms with Crippen LogP contribution in [0.1, 0.15) is 41.9 Å². The van der Waals surface area contributed by atoms with Crippen molar-refractivity contribution < 1.29 is 13.2 Å². The first-order valence-electron chi connectivity index (χ1n) is 9.27. The van der Waals surface area contributed by atoms with Crippen molar-refractivity contribution in [3.05, 3.63) is 64.4 Å². The van der Waals surface area contributed by atoms with Crippen LogP contribution in [-0.4, -0.2) is 43.1 Å². The minimum atomic E-state index is -3.24. The Hall–Kier alpha value is -2.45. The molecule has 29 heavy (non-hydrogen) atoms. The molecule has 1 N–H and O–H groups in total. The fraction of sp³-hybridized carbons (Fsp3) is 0.350. The lowest BCUT2D eigenvalue weighted by Crippen LogP contribution is -2.32. The third-order valence-corrected chi connectivity index (χ3v) is 5.65. The second kappa shape index (κ2) is 8.92. The summed E-state index contributed by atoms with van der Waals surface area (Å²) in [5.41, 5.74) is 1.23. The normalized spacial score (nSPS) is 18.2. The molecule has 2 atom stereocenters. The lowest BCUT2D eigenvalue weighted by atomic mass is 10.0. The topological polar surface area (TPSA) is 92.3 Å². The molecule has 1 aliphatic heterocycles. The molecule has 2 aromatic rings. The number of halogens is 1. The van der Waals surface area contributed by atoms with Crippen molar-refractivity contribution in [1.82, 2.24) is 15.3 Å².